The van der Waals surface area contributed by atoms with Gasteiger partial charge in [-0.25, -0.2) is 4.98 Å². The maximum atomic E-state index is 9.34. The van der Waals surface area contributed by atoms with Crippen molar-refractivity contribution in [3.63, 3.8) is 0 Å². The summed E-state index contributed by atoms with van der Waals surface area (Å²) in [5.41, 5.74) is 4.72. The number of aromatic nitrogens is 2. The first-order valence-corrected chi connectivity index (χ1v) is 7.06. The van der Waals surface area contributed by atoms with E-state index in [-0.39, 0.29) is 6.61 Å². The van der Waals surface area contributed by atoms with Crippen molar-refractivity contribution < 1.29 is 5.11 Å². The van der Waals surface area contributed by atoms with Crippen LogP contribution >= 0.6 is 0 Å². The number of nitrogens with zero attached hydrogens (tertiary/aromatic N) is 2. The molecule has 100 valence electrons. The summed E-state index contributed by atoms with van der Waals surface area (Å²) in [6.45, 7) is 3.35. The smallest absolute Gasteiger partial charge is 0.109 e. The quantitative estimate of drug-likeness (QED) is 0.917. The lowest BCUT2D eigenvalue weighted by molar-refractivity contribution is 0.295. The first-order chi connectivity index (χ1) is 9.31. The number of aliphatic hydroxyl groups excluding tert-OH is 1. The fourth-order valence-corrected chi connectivity index (χ4v) is 2.96. The Balaban J connectivity index is 2.15. The van der Waals surface area contributed by atoms with Gasteiger partial charge in [-0.05, 0) is 25.3 Å². The SMILES string of the molecule is Cc1ccccc1-c1nc2n(c1CCO)CCCC2. The topological polar surface area (TPSA) is 38.0 Å². The molecule has 0 bridgehead atoms. The summed E-state index contributed by atoms with van der Waals surface area (Å²) >= 11 is 0. The van der Waals surface area contributed by atoms with Gasteiger partial charge in [-0.15, -0.1) is 0 Å². The van der Waals surface area contributed by atoms with Crippen molar-refractivity contribution in [1.82, 2.24) is 9.55 Å². The van der Waals surface area contributed by atoms with Crippen LogP contribution in [-0.4, -0.2) is 21.3 Å². The van der Waals surface area contributed by atoms with Crippen molar-refractivity contribution in [1.29, 1.82) is 0 Å². The highest BCUT2D eigenvalue weighted by Gasteiger charge is 2.20. The Morgan fingerprint density at radius 1 is 1.26 bits per heavy atom. The van der Waals surface area contributed by atoms with Crippen molar-refractivity contribution >= 4 is 0 Å². The van der Waals surface area contributed by atoms with Gasteiger partial charge in [0.2, 0.25) is 0 Å². The second-order valence-corrected chi connectivity index (χ2v) is 5.22. The van der Waals surface area contributed by atoms with Gasteiger partial charge in [0.1, 0.15) is 5.82 Å². The van der Waals surface area contributed by atoms with Gasteiger partial charge in [0.05, 0.1) is 5.69 Å². The third-order valence-corrected chi connectivity index (χ3v) is 3.93. The van der Waals surface area contributed by atoms with Gasteiger partial charge in [0.25, 0.3) is 0 Å². The van der Waals surface area contributed by atoms with Crippen LogP contribution in [0.1, 0.15) is 29.9 Å². The van der Waals surface area contributed by atoms with Gasteiger partial charge in [-0.3, -0.25) is 0 Å². The molecule has 1 aliphatic heterocycles. The first-order valence-electron chi connectivity index (χ1n) is 7.06. The van der Waals surface area contributed by atoms with Gasteiger partial charge in [0, 0.05) is 37.3 Å². The summed E-state index contributed by atoms with van der Waals surface area (Å²) in [5, 5.41) is 9.34. The highest BCUT2D eigenvalue weighted by Crippen LogP contribution is 2.29. The number of hydrogen-bond donors (Lipinski definition) is 1. The van der Waals surface area contributed by atoms with Crippen LogP contribution in [0.3, 0.4) is 0 Å². The molecule has 19 heavy (non-hydrogen) atoms. The van der Waals surface area contributed by atoms with Crippen LogP contribution in [-0.2, 0) is 19.4 Å². The highest BCUT2D eigenvalue weighted by atomic mass is 16.3. The lowest BCUT2D eigenvalue weighted by Gasteiger charge is -2.16. The lowest BCUT2D eigenvalue weighted by Crippen LogP contribution is -2.13. The molecular weight excluding hydrogens is 236 g/mol. The fourth-order valence-electron chi connectivity index (χ4n) is 2.96. The van der Waals surface area contributed by atoms with E-state index in [9.17, 15) is 5.11 Å². The molecule has 2 aromatic rings. The maximum Gasteiger partial charge on any atom is 0.109 e. The van der Waals surface area contributed by atoms with Crippen LogP contribution in [0.5, 0.6) is 0 Å². The van der Waals surface area contributed by atoms with Gasteiger partial charge in [-0.1, -0.05) is 24.3 Å². The minimum atomic E-state index is 0.185. The molecule has 0 saturated carbocycles. The zero-order valence-electron chi connectivity index (χ0n) is 11.4. The number of hydrogen-bond acceptors (Lipinski definition) is 2. The van der Waals surface area contributed by atoms with E-state index in [0.29, 0.717) is 6.42 Å². The summed E-state index contributed by atoms with van der Waals surface area (Å²) in [7, 11) is 0. The van der Waals surface area contributed by atoms with Crippen LogP contribution in [0.4, 0.5) is 0 Å². The molecule has 0 fully saturated rings. The minimum Gasteiger partial charge on any atom is -0.396 e. The number of aryl methyl sites for hydroxylation is 2. The molecule has 2 heterocycles. The van der Waals surface area contributed by atoms with E-state index in [2.05, 4.69) is 35.8 Å². The van der Waals surface area contributed by atoms with Crippen molar-refractivity contribution in [2.24, 2.45) is 0 Å². The molecule has 0 unspecified atom stereocenters. The predicted molar refractivity (Wildman–Crippen MR) is 76.1 cm³/mol. The molecule has 3 rings (SSSR count). The zero-order chi connectivity index (χ0) is 13.2. The average molecular weight is 256 g/mol. The molecule has 0 radical (unpaired) electrons. The Morgan fingerprint density at radius 3 is 2.89 bits per heavy atom. The molecule has 0 atom stereocenters. The third kappa shape index (κ3) is 2.19. The van der Waals surface area contributed by atoms with E-state index >= 15 is 0 Å². The van der Waals surface area contributed by atoms with E-state index in [4.69, 9.17) is 4.98 Å². The largest absolute Gasteiger partial charge is 0.396 e. The Bertz CT molecular complexity index is 586. The van der Waals surface area contributed by atoms with Crippen molar-refractivity contribution in [3.8, 4) is 11.3 Å². The number of aliphatic hydroxyl groups is 1. The predicted octanol–water partition coefficient (Wildman–Crippen LogP) is 2.73. The van der Waals surface area contributed by atoms with Crippen LogP contribution in [0.2, 0.25) is 0 Å². The third-order valence-electron chi connectivity index (χ3n) is 3.93. The molecule has 0 saturated heterocycles. The highest BCUT2D eigenvalue weighted by molar-refractivity contribution is 5.66. The second kappa shape index (κ2) is 5.17. The normalized spacial score (nSPS) is 14.4. The first kappa shape index (κ1) is 12.4. The van der Waals surface area contributed by atoms with E-state index < -0.39 is 0 Å². The van der Waals surface area contributed by atoms with Gasteiger partial charge in [-0.2, -0.15) is 0 Å². The summed E-state index contributed by atoms with van der Waals surface area (Å²) in [6, 6.07) is 8.37. The monoisotopic (exact) mass is 256 g/mol. The number of fused-ring (bicyclic) bond motifs is 1. The molecule has 3 heteroatoms. The zero-order valence-corrected chi connectivity index (χ0v) is 11.4. The molecule has 1 aliphatic rings. The van der Waals surface area contributed by atoms with Crippen LogP contribution in [0, 0.1) is 6.92 Å². The van der Waals surface area contributed by atoms with Crippen LogP contribution in [0.15, 0.2) is 24.3 Å². The minimum absolute atomic E-state index is 0.185. The van der Waals surface area contributed by atoms with E-state index in [0.717, 1.165) is 18.7 Å². The fraction of sp³-hybridized carbons (Fsp3) is 0.438. The number of benzene rings is 1. The molecule has 1 aromatic heterocycles. The molecule has 0 spiro atoms. The molecule has 0 amide bonds. The summed E-state index contributed by atoms with van der Waals surface area (Å²) in [5.74, 6) is 1.19. The van der Waals surface area contributed by atoms with Crippen LogP contribution < -0.4 is 0 Å². The van der Waals surface area contributed by atoms with Crippen molar-refractivity contribution in [3.05, 3.63) is 41.3 Å². The van der Waals surface area contributed by atoms with Gasteiger partial charge < -0.3 is 9.67 Å². The molecule has 1 N–H and O–H groups in total. The second-order valence-electron chi connectivity index (χ2n) is 5.22. The van der Waals surface area contributed by atoms with E-state index in [1.807, 2.05) is 0 Å². The average Bonchev–Trinajstić information content (AvgIpc) is 2.79. The molecular formula is C16H20N2O. The summed E-state index contributed by atoms with van der Waals surface area (Å²) < 4.78 is 2.32. The molecule has 3 nitrogen and oxygen atoms in total. The van der Waals surface area contributed by atoms with E-state index in [1.165, 1.54) is 35.5 Å². The van der Waals surface area contributed by atoms with Crippen LogP contribution in [0.25, 0.3) is 11.3 Å². The number of rotatable bonds is 3. The maximum absolute atomic E-state index is 9.34. The Labute approximate surface area is 113 Å². The molecule has 0 aliphatic carbocycles. The number of imidazole rings is 1. The van der Waals surface area contributed by atoms with Gasteiger partial charge in [0.15, 0.2) is 0 Å². The Hall–Kier alpha value is -1.61. The summed E-state index contributed by atoms with van der Waals surface area (Å²) in [6.07, 6.45) is 4.19. The standard InChI is InChI=1S/C16H20N2O/c1-12-6-2-3-7-13(12)16-14(9-11-19)18-10-5-4-8-15(18)17-16/h2-3,6-7,19H,4-5,8-11H2,1H3. The summed E-state index contributed by atoms with van der Waals surface area (Å²) in [4.78, 5) is 4.85. The van der Waals surface area contributed by atoms with Gasteiger partial charge >= 0.3 is 0 Å². The lowest BCUT2D eigenvalue weighted by atomic mass is 10.0. The Morgan fingerprint density at radius 2 is 2.11 bits per heavy atom. The molecule has 1 aromatic carbocycles. The van der Waals surface area contributed by atoms with E-state index in [1.54, 1.807) is 0 Å². The van der Waals surface area contributed by atoms with Crippen molar-refractivity contribution in [2.75, 3.05) is 6.61 Å². The Kier molecular flexibility index (Phi) is 3.38. The van der Waals surface area contributed by atoms with Crippen molar-refractivity contribution in [2.45, 2.75) is 39.2 Å².